The highest BCUT2D eigenvalue weighted by atomic mass is 16.5. The van der Waals surface area contributed by atoms with Gasteiger partial charge in [-0.05, 0) is 30.5 Å². The van der Waals surface area contributed by atoms with Crippen molar-refractivity contribution in [2.75, 3.05) is 7.11 Å². The summed E-state index contributed by atoms with van der Waals surface area (Å²) < 4.78 is 4.80. The number of methoxy groups -OCH3 is 1. The third-order valence-electron chi connectivity index (χ3n) is 5.99. The molecule has 0 spiro atoms. The summed E-state index contributed by atoms with van der Waals surface area (Å²) >= 11 is 0. The van der Waals surface area contributed by atoms with Crippen molar-refractivity contribution in [1.29, 1.82) is 0 Å². The normalized spacial score (nSPS) is 11.2. The fraction of sp³-hybridized carbons (Fsp3) is 0.654. The quantitative estimate of drug-likeness (QED) is 0.230. The molecule has 0 aliphatic carbocycles. The Morgan fingerprint density at radius 2 is 1.38 bits per heavy atom. The highest BCUT2D eigenvalue weighted by Gasteiger charge is 2.09. The second-order valence-corrected chi connectivity index (χ2v) is 8.41. The lowest BCUT2D eigenvalue weighted by molar-refractivity contribution is 0.0601. The van der Waals surface area contributed by atoms with Crippen molar-refractivity contribution in [2.24, 2.45) is 0 Å². The van der Waals surface area contributed by atoms with Gasteiger partial charge in [-0.1, -0.05) is 96.5 Å². The van der Waals surface area contributed by atoms with Crippen molar-refractivity contribution in [2.45, 2.75) is 103 Å². The molecular formula is C26H41NO2. The van der Waals surface area contributed by atoms with Crippen LogP contribution in [-0.4, -0.2) is 18.1 Å². The molecule has 0 radical (unpaired) electrons. The number of benzene rings is 1. The second kappa shape index (κ2) is 14.3. The van der Waals surface area contributed by atoms with E-state index in [9.17, 15) is 4.79 Å². The molecule has 0 atom stereocenters. The Hall–Kier alpha value is -1.77. The van der Waals surface area contributed by atoms with E-state index in [1.165, 1.54) is 108 Å². The SMILES string of the molecule is CCCCCCCCCCCCCCCCc1c[nH]c2cc(C(=O)OC)ccc12. The van der Waals surface area contributed by atoms with Gasteiger partial charge in [0.15, 0.2) is 0 Å². The molecule has 0 unspecified atom stereocenters. The first-order valence-corrected chi connectivity index (χ1v) is 11.9. The van der Waals surface area contributed by atoms with Gasteiger partial charge in [0.2, 0.25) is 0 Å². The Labute approximate surface area is 177 Å². The van der Waals surface area contributed by atoms with Crippen molar-refractivity contribution in [3.05, 3.63) is 35.5 Å². The molecule has 29 heavy (non-hydrogen) atoms. The van der Waals surface area contributed by atoms with E-state index in [-0.39, 0.29) is 5.97 Å². The number of H-pyrrole nitrogens is 1. The summed E-state index contributed by atoms with van der Waals surface area (Å²) in [6.45, 7) is 2.28. The summed E-state index contributed by atoms with van der Waals surface area (Å²) in [6.07, 6.45) is 22.7. The molecule has 0 saturated carbocycles. The number of ether oxygens (including phenoxy) is 1. The zero-order valence-corrected chi connectivity index (χ0v) is 18.7. The van der Waals surface area contributed by atoms with Crippen LogP contribution >= 0.6 is 0 Å². The van der Waals surface area contributed by atoms with Gasteiger partial charge in [-0.25, -0.2) is 4.79 Å². The molecule has 0 bridgehead atoms. The fourth-order valence-corrected chi connectivity index (χ4v) is 4.15. The highest BCUT2D eigenvalue weighted by molar-refractivity contribution is 5.95. The van der Waals surface area contributed by atoms with E-state index in [4.69, 9.17) is 4.74 Å². The number of aromatic nitrogens is 1. The Balaban J connectivity index is 1.50. The number of aromatic amines is 1. The van der Waals surface area contributed by atoms with Crippen molar-refractivity contribution in [3.63, 3.8) is 0 Å². The van der Waals surface area contributed by atoms with Gasteiger partial charge >= 0.3 is 5.97 Å². The van der Waals surface area contributed by atoms with Gasteiger partial charge in [-0.15, -0.1) is 0 Å². The van der Waals surface area contributed by atoms with Crippen LogP contribution < -0.4 is 0 Å². The molecule has 1 aromatic heterocycles. The lowest BCUT2D eigenvalue weighted by Gasteiger charge is -2.04. The van der Waals surface area contributed by atoms with E-state index < -0.39 is 0 Å². The minimum atomic E-state index is -0.282. The van der Waals surface area contributed by atoms with E-state index in [0.717, 1.165) is 11.9 Å². The first-order chi connectivity index (χ1) is 14.3. The largest absolute Gasteiger partial charge is 0.465 e. The summed E-state index contributed by atoms with van der Waals surface area (Å²) in [5, 5.41) is 1.23. The molecule has 3 nitrogen and oxygen atoms in total. The average Bonchev–Trinajstić information content (AvgIpc) is 3.15. The van der Waals surface area contributed by atoms with Crippen LogP contribution in [0.4, 0.5) is 0 Å². The summed E-state index contributed by atoms with van der Waals surface area (Å²) in [4.78, 5) is 14.9. The van der Waals surface area contributed by atoms with Crippen LogP contribution in [0.3, 0.4) is 0 Å². The maximum atomic E-state index is 11.6. The predicted octanol–water partition coefficient (Wildman–Crippen LogP) is 7.98. The Kier molecular flexibility index (Phi) is 11.6. The number of unbranched alkanes of at least 4 members (excludes halogenated alkanes) is 13. The summed E-state index contributed by atoms with van der Waals surface area (Å²) in [5.74, 6) is -0.282. The van der Waals surface area contributed by atoms with Crippen molar-refractivity contribution >= 4 is 16.9 Å². The molecule has 0 aliphatic rings. The Morgan fingerprint density at radius 3 is 1.93 bits per heavy atom. The number of esters is 1. The van der Waals surface area contributed by atoms with Crippen LogP contribution in [0, 0.1) is 0 Å². The standard InChI is InChI=1S/C26H41NO2/c1-3-4-5-6-7-8-9-10-11-12-13-14-15-16-17-23-21-27-25-20-22(26(28)29-2)18-19-24(23)25/h18-21,27H,3-17H2,1-2H3. The third-order valence-corrected chi connectivity index (χ3v) is 5.99. The molecule has 0 saturated heterocycles. The fourth-order valence-electron chi connectivity index (χ4n) is 4.15. The van der Waals surface area contributed by atoms with E-state index in [2.05, 4.69) is 18.1 Å². The number of fused-ring (bicyclic) bond motifs is 1. The monoisotopic (exact) mass is 399 g/mol. The molecule has 2 rings (SSSR count). The molecule has 162 valence electrons. The molecule has 0 aliphatic heterocycles. The topological polar surface area (TPSA) is 42.1 Å². The Morgan fingerprint density at radius 1 is 0.828 bits per heavy atom. The summed E-state index contributed by atoms with van der Waals surface area (Å²) in [7, 11) is 1.42. The minimum absolute atomic E-state index is 0.282. The number of nitrogens with one attached hydrogen (secondary N) is 1. The molecule has 2 aromatic rings. The van der Waals surface area contributed by atoms with Crippen LogP contribution in [0.1, 0.15) is 113 Å². The lowest BCUT2D eigenvalue weighted by atomic mass is 10.0. The molecule has 0 amide bonds. The zero-order chi connectivity index (χ0) is 20.7. The van der Waals surface area contributed by atoms with Gasteiger partial charge in [0, 0.05) is 17.1 Å². The maximum absolute atomic E-state index is 11.6. The summed E-state index contributed by atoms with van der Waals surface area (Å²) in [6, 6.07) is 5.78. The van der Waals surface area contributed by atoms with E-state index in [1.807, 2.05) is 18.2 Å². The van der Waals surface area contributed by atoms with Gasteiger partial charge in [0.05, 0.1) is 12.7 Å². The van der Waals surface area contributed by atoms with Gasteiger partial charge in [0.25, 0.3) is 0 Å². The maximum Gasteiger partial charge on any atom is 0.337 e. The minimum Gasteiger partial charge on any atom is -0.465 e. The van der Waals surface area contributed by atoms with Crippen LogP contribution in [0.25, 0.3) is 10.9 Å². The average molecular weight is 400 g/mol. The smallest absolute Gasteiger partial charge is 0.337 e. The lowest BCUT2D eigenvalue weighted by Crippen LogP contribution is -2.00. The predicted molar refractivity (Wildman–Crippen MR) is 124 cm³/mol. The van der Waals surface area contributed by atoms with Crippen LogP contribution in [0.2, 0.25) is 0 Å². The molecule has 3 heteroatoms. The summed E-state index contributed by atoms with van der Waals surface area (Å²) in [5.41, 5.74) is 2.98. The number of hydrogen-bond donors (Lipinski definition) is 1. The van der Waals surface area contributed by atoms with Crippen molar-refractivity contribution in [1.82, 2.24) is 4.98 Å². The van der Waals surface area contributed by atoms with Crippen LogP contribution in [-0.2, 0) is 11.2 Å². The van der Waals surface area contributed by atoms with E-state index in [1.54, 1.807) is 0 Å². The molecule has 1 heterocycles. The van der Waals surface area contributed by atoms with E-state index in [0.29, 0.717) is 5.56 Å². The number of carbonyl (C=O) groups is 1. The Bertz CT molecular complexity index is 704. The molecular weight excluding hydrogens is 358 g/mol. The molecule has 0 fully saturated rings. The van der Waals surface area contributed by atoms with Crippen LogP contribution in [0.5, 0.6) is 0 Å². The number of aryl methyl sites for hydroxylation is 1. The second-order valence-electron chi connectivity index (χ2n) is 8.41. The first-order valence-electron chi connectivity index (χ1n) is 11.9. The third kappa shape index (κ3) is 8.64. The molecule has 1 aromatic carbocycles. The zero-order valence-electron chi connectivity index (χ0n) is 18.7. The first kappa shape index (κ1) is 23.5. The van der Waals surface area contributed by atoms with Gasteiger partial charge in [-0.3, -0.25) is 0 Å². The number of hydrogen-bond acceptors (Lipinski definition) is 2. The van der Waals surface area contributed by atoms with Gasteiger partial charge in [-0.2, -0.15) is 0 Å². The van der Waals surface area contributed by atoms with Crippen molar-refractivity contribution in [3.8, 4) is 0 Å². The van der Waals surface area contributed by atoms with Gasteiger partial charge < -0.3 is 9.72 Å². The van der Waals surface area contributed by atoms with Crippen LogP contribution in [0.15, 0.2) is 24.4 Å². The molecule has 1 N–H and O–H groups in total. The van der Waals surface area contributed by atoms with Gasteiger partial charge in [0.1, 0.15) is 0 Å². The van der Waals surface area contributed by atoms with Crippen molar-refractivity contribution < 1.29 is 9.53 Å². The highest BCUT2D eigenvalue weighted by Crippen LogP contribution is 2.22. The number of rotatable bonds is 16. The van der Waals surface area contributed by atoms with E-state index >= 15 is 0 Å². The number of carbonyl (C=O) groups excluding carboxylic acids is 1.